The number of ketones is 1. The molecule has 2 amide bonds. The fourth-order valence-corrected chi connectivity index (χ4v) is 7.97. The Morgan fingerprint density at radius 2 is 1.57 bits per heavy atom. The van der Waals surface area contributed by atoms with Crippen LogP contribution in [0.5, 0.6) is 0 Å². The van der Waals surface area contributed by atoms with E-state index in [9.17, 15) is 14.4 Å². The van der Waals surface area contributed by atoms with Crippen LogP contribution in [0.4, 0.5) is 5.69 Å². The second kappa shape index (κ2) is 10.6. The molecule has 3 aliphatic rings. The van der Waals surface area contributed by atoms with Crippen LogP contribution in [0.15, 0.2) is 83.3 Å². The number of halogens is 1. The predicted molar refractivity (Wildman–Crippen MR) is 160 cm³/mol. The first-order valence-corrected chi connectivity index (χ1v) is 15.2. The lowest BCUT2D eigenvalue weighted by molar-refractivity contribution is -0.151. The summed E-state index contributed by atoms with van der Waals surface area (Å²) in [6.45, 7) is 4.22. The lowest BCUT2D eigenvalue weighted by atomic mass is 9.68. The average molecular weight is 600 g/mol. The molecule has 0 aromatic heterocycles. The van der Waals surface area contributed by atoms with Crippen molar-refractivity contribution in [2.24, 2.45) is 17.8 Å². The fourth-order valence-electron chi connectivity index (χ4n) is 7.61. The van der Waals surface area contributed by atoms with Crippen LogP contribution in [0.1, 0.15) is 73.4 Å². The van der Waals surface area contributed by atoms with Crippen molar-refractivity contribution >= 4 is 39.2 Å². The molecular formula is C34H35BrN2O3. The van der Waals surface area contributed by atoms with Crippen molar-refractivity contribution in [3.63, 3.8) is 0 Å². The number of benzene rings is 3. The van der Waals surface area contributed by atoms with Crippen LogP contribution in [0.3, 0.4) is 0 Å². The normalized spacial score (nSPS) is 26.2. The molecule has 2 heterocycles. The van der Waals surface area contributed by atoms with Gasteiger partial charge in [0, 0.05) is 39.2 Å². The highest BCUT2D eigenvalue weighted by Gasteiger charge is 2.70. The third kappa shape index (κ3) is 4.14. The third-order valence-corrected chi connectivity index (χ3v) is 9.74. The van der Waals surface area contributed by atoms with E-state index in [1.165, 1.54) is 0 Å². The van der Waals surface area contributed by atoms with Crippen LogP contribution in [0, 0.1) is 17.8 Å². The summed E-state index contributed by atoms with van der Waals surface area (Å²) in [5, 5.41) is 3.11. The molecule has 1 saturated heterocycles. The molecule has 2 aliphatic heterocycles. The summed E-state index contributed by atoms with van der Waals surface area (Å²) in [5.74, 6) is -1.70. The Hall–Kier alpha value is -3.25. The van der Waals surface area contributed by atoms with E-state index in [2.05, 4.69) is 35.1 Å². The van der Waals surface area contributed by atoms with Crippen LogP contribution in [-0.4, -0.2) is 28.5 Å². The first kappa shape index (κ1) is 26.9. The molecule has 6 rings (SSSR count). The molecule has 1 saturated carbocycles. The number of nitrogens with zero attached hydrogens (tertiary/aromatic N) is 1. The molecule has 4 unspecified atom stereocenters. The molecule has 3 aromatic carbocycles. The fraction of sp³-hybridized carbons (Fsp3) is 0.382. The minimum atomic E-state index is -1.46. The minimum absolute atomic E-state index is 0.00525. The van der Waals surface area contributed by atoms with Crippen LogP contribution < -0.4 is 5.32 Å². The van der Waals surface area contributed by atoms with Gasteiger partial charge in [-0.05, 0) is 42.5 Å². The summed E-state index contributed by atoms with van der Waals surface area (Å²) in [6, 6.07) is 24.6. The van der Waals surface area contributed by atoms with Crippen molar-refractivity contribution < 1.29 is 14.4 Å². The van der Waals surface area contributed by atoms with Crippen molar-refractivity contribution in [3.05, 3.63) is 100 Å². The van der Waals surface area contributed by atoms with E-state index in [1.807, 2.05) is 83.8 Å². The van der Waals surface area contributed by atoms with Crippen molar-refractivity contribution in [1.82, 2.24) is 4.90 Å². The van der Waals surface area contributed by atoms with Gasteiger partial charge in [0.25, 0.3) is 5.91 Å². The maximum Gasteiger partial charge on any atom is 0.255 e. The second-order valence-corrected chi connectivity index (χ2v) is 12.7. The van der Waals surface area contributed by atoms with E-state index >= 15 is 0 Å². The average Bonchev–Trinajstić information content (AvgIpc) is 3.46. The molecule has 5 nitrogen and oxygen atoms in total. The molecule has 2 fully saturated rings. The Labute approximate surface area is 244 Å². The molecule has 206 valence electrons. The zero-order chi connectivity index (χ0) is 28.0. The number of carbonyl (C=O) groups excluding carboxylic acids is 3. The molecule has 0 bridgehead atoms. The number of fused-ring (bicyclic) bond motifs is 2. The Morgan fingerprint density at radius 3 is 2.23 bits per heavy atom. The summed E-state index contributed by atoms with van der Waals surface area (Å²) in [4.78, 5) is 46.1. The first-order chi connectivity index (χ1) is 19.4. The zero-order valence-corrected chi connectivity index (χ0v) is 24.6. The van der Waals surface area contributed by atoms with Gasteiger partial charge in [0.05, 0.1) is 5.92 Å². The van der Waals surface area contributed by atoms with Crippen molar-refractivity contribution in [1.29, 1.82) is 0 Å². The Balaban J connectivity index is 1.67. The van der Waals surface area contributed by atoms with E-state index in [4.69, 9.17) is 0 Å². The number of anilines is 1. The number of nitrogens with one attached hydrogen (secondary N) is 1. The molecule has 1 aliphatic carbocycles. The maximum absolute atomic E-state index is 14.8. The van der Waals surface area contributed by atoms with Gasteiger partial charge in [0.2, 0.25) is 5.91 Å². The van der Waals surface area contributed by atoms with E-state index in [0.717, 1.165) is 42.1 Å². The zero-order valence-electron chi connectivity index (χ0n) is 23.0. The molecule has 1 N–H and O–H groups in total. The van der Waals surface area contributed by atoms with E-state index in [0.29, 0.717) is 16.8 Å². The number of amides is 2. The van der Waals surface area contributed by atoms with Gasteiger partial charge in [0.1, 0.15) is 0 Å². The van der Waals surface area contributed by atoms with Crippen LogP contribution in [0.2, 0.25) is 0 Å². The van der Waals surface area contributed by atoms with Crippen LogP contribution >= 0.6 is 15.9 Å². The van der Waals surface area contributed by atoms with Gasteiger partial charge < -0.3 is 10.2 Å². The number of hydrogen-bond acceptors (Lipinski definition) is 3. The SMILES string of the molecule is CC(C)C1C(c2ccccc2)C(C(=O)c2ccccc2)C2(C(=O)Nc3ccc(Br)cc32)N1C(=O)C1CCCCC1. The van der Waals surface area contributed by atoms with Gasteiger partial charge in [-0.1, -0.05) is 110 Å². The van der Waals surface area contributed by atoms with Gasteiger partial charge in [-0.15, -0.1) is 0 Å². The van der Waals surface area contributed by atoms with Gasteiger partial charge in [-0.3, -0.25) is 14.4 Å². The molecule has 40 heavy (non-hydrogen) atoms. The summed E-state index contributed by atoms with van der Waals surface area (Å²) < 4.78 is 0.808. The van der Waals surface area contributed by atoms with Crippen LogP contribution in [0.25, 0.3) is 0 Å². The summed E-state index contributed by atoms with van der Waals surface area (Å²) >= 11 is 3.63. The standard InChI is InChI=1S/C34H35BrN2O3/c1-21(2)30-28(22-12-6-3-7-13-22)29(31(38)23-14-8-4-9-15-23)34(37(30)32(39)24-16-10-5-11-17-24)26-20-25(35)18-19-27(26)36-33(34)40/h3-4,6-9,12-15,18-21,24,28-30H,5,10-11,16-17H2,1-2H3,(H,36,40). The summed E-state index contributed by atoms with van der Waals surface area (Å²) in [6.07, 6.45) is 4.77. The lowest BCUT2D eigenvalue weighted by Crippen LogP contribution is -2.58. The predicted octanol–water partition coefficient (Wildman–Crippen LogP) is 7.33. The van der Waals surface area contributed by atoms with Crippen LogP contribution in [-0.2, 0) is 15.1 Å². The van der Waals surface area contributed by atoms with Gasteiger partial charge in [-0.25, -0.2) is 0 Å². The molecule has 0 radical (unpaired) electrons. The number of likely N-dealkylation sites (tertiary alicyclic amines) is 1. The van der Waals surface area contributed by atoms with Gasteiger partial charge in [0.15, 0.2) is 11.3 Å². The van der Waals surface area contributed by atoms with E-state index < -0.39 is 11.5 Å². The number of carbonyl (C=O) groups is 3. The Bertz CT molecular complexity index is 1430. The molecule has 6 heteroatoms. The van der Waals surface area contributed by atoms with Crippen molar-refractivity contribution in [2.75, 3.05) is 5.32 Å². The third-order valence-electron chi connectivity index (χ3n) is 9.24. The molecule has 4 atom stereocenters. The molecule has 3 aromatic rings. The monoisotopic (exact) mass is 598 g/mol. The van der Waals surface area contributed by atoms with E-state index in [1.54, 1.807) is 0 Å². The highest BCUT2D eigenvalue weighted by atomic mass is 79.9. The van der Waals surface area contributed by atoms with Crippen molar-refractivity contribution in [3.8, 4) is 0 Å². The van der Waals surface area contributed by atoms with E-state index in [-0.39, 0.29) is 41.4 Å². The Kier molecular flexibility index (Phi) is 7.16. The van der Waals surface area contributed by atoms with Gasteiger partial charge >= 0.3 is 0 Å². The maximum atomic E-state index is 14.8. The molecule has 1 spiro atoms. The smallest absolute Gasteiger partial charge is 0.255 e. The summed E-state index contributed by atoms with van der Waals surface area (Å²) in [5.41, 5.74) is 1.44. The second-order valence-electron chi connectivity index (χ2n) is 11.8. The van der Waals surface area contributed by atoms with Crippen molar-refractivity contribution in [2.45, 2.75) is 63.5 Å². The topological polar surface area (TPSA) is 66.5 Å². The number of rotatable bonds is 5. The quantitative estimate of drug-likeness (QED) is 0.313. The highest BCUT2D eigenvalue weighted by Crippen LogP contribution is 2.61. The summed E-state index contributed by atoms with van der Waals surface area (Å²) in [7, 11) is 0. The largest absolute Gasteiger partial charge is 0.323 e. The van der Waals surface area contributed by atoms with Gasteiger partial charge in [-0.2, -0.15) is 0 Å². The highest BCUT2D eigenvalue weighted by molar-refractivity contribution is 9.10. The minimum Gasteiger partial charge on any atom is -0.323 e. The Morgan fingerprint density at radius 1 is 0.925 bits per heavy atom. The lowest BCUT2D eigenvalue weighted by Gasteiger charge is -2.42. The first-order valence-electron chi connectivity index (χ1n) is 14.4. The number of Topliss-reactive ketones (excluding diaryl/α,β-unsaturated/α-hetero) is 1. The molecular weight excluding hydrogens is 564 g/mol. The number of hydrogen-bond donors (Lipinski definition) is 1.